The van der Waals surface area contributed by atoms with Crippen molar-refractivity contribution in [1.29, 1.82) is 0 Å². The van der Waals surface area contributed by atoms with E-state index in [0.717, 1.165) is 0 Å². The number of fused-ring (bicyclic) bond motifs is 13. The van der Waals surface area contributed by atoms with E-state index in [4.69, 9.17) is 0 Å². The number of rotatable bonds is 3. The molecule has 0 fully saturated rings. The second-order valence-corrected chi connectivity index (χ2v) is 17.8. The summed E-state index contributed by atoms with van der Waals surface area (Å²) < 4.78 is 0. The van der Waals surface area contributed by atoms with E-state index in [9.17, 15) is 0 Å². The lowest BCUT2D eigenvalue weighted by molar-refractivity contribution is 0.660. The van der Waals surface area contributed by atoms with Gasteiger partial charge in [0, 0.05) is 22.5 Å². The molecule has 10 rings (SSSR count). The van der Waals surface area contributed by atoms with Crippen LogP contribution in [-0.4, -0.2) is 8.07 Å². The van der Waals surface area contributed by atoms with Gasteiger partial charge in [-0.15, -0.1) is 0 Å². The Hall–Kier alpha value is -5.44. The summed E-state index contributed by atoms with van der Waals surface area (Å²) in [5.41, 5.74) is 15.8. The molecule has 48 heavy (non-hydrogen) atoms. The van der Waals surface area contributed by atoms with Gasteiger partial charge in [-0.25, -0.2) is 0 Å². The second-order valence-electron chi connectivity index (χ2n) is 14.2. The van der Waals surface area contributed by atoms with E-state index in [1.807, 2.05) is 0 Å². The molecule has 7 aromatic rings. The van der Waals surface area contributed by atoms with Crippen molar-refractivity contribution in [3.05, 3.63) is 174 Å². The van der Waals surface area contributed by atoms with Gasteiger partial charge in [0.15, 0.2) is 8.07 Å². The molecule has 0 N–H and O–H groups in total. The molecule has 0 amide bonds. The zero-order valence-electron chi connectivity index (χ0n) is 27.5. The van der Waals surface area contributed by atoms with Crippen LogP contribution in [0.4, 0.5) is 17.1 Å². The molecular formula is C46H35NSi. The van der Waals surface area contributed by atoms with Gasteiger partial charge in [0.2, 0.25) is 0 Å². The summed E-state index contributed by atoms with van der Waals surface area (Å²) in [6.45, 7) is 6.91. The molecular weight excluding hydrogens is 595 g/mol. The first-order chi connectivity index (χ1) is 23.5. The van der Waals surface area contributed by atoms with Crippen molar-refractivity contribution < 1.29 is 0 Å². The van der Waals surface area contributed by atoms with Crippen molar-refractivity contribution in [3.8, 4) is 33.4 Å². The monoisotopic (exact) mass is 629 g/mol. The molecule has 2 heteroatoms. The standard InChI is InChI=1S/C46H35NSi/c1-30-20-22-31(23-21-30)47(32-24-26-35-34-12-4-8-16-40(34)46(2,3)41(35)28-32)33-25-27-39-38-15-7-11-19-44(38)48(45(39)29-33)42-17-9-5-13-36(42)37-14-6-10-18-43(37)48/h4-29H,1-3H3. The van der Waals surface area contributed by atoms with E-state index in [1.54, 1.807) is 0 Å². The summed E-state index contributed by atoms with van der Waals surface area (Å²) in [5, 5.41) is 6.01. The van der Waals surface area contributed by atoms with Gasteiger partial charge in [-0.05, 0) is 109 Å². The van der Waals surface area contributed by atoms with Crippen molar-refractivity contribution in [3.63, 3.8) is 0 Å². The minimum atomic E-state index is -2.55. The first kappa shape index (κ1) is 27.6. The molecule has 228 valence electrons. The Kier molecular flexibility index (Phi) is 5.64. The van der Waals surface area contributed by atoms with Gasteiger partial charge in [-0.1, -0.05) is 141 Å². The molecule has 2 heterocycles. The van der Waals surface area contributed by atoms with Crippen LogP contribution in [0.2, 0.25) is 0 Å². The summed E-state index contributed by atoms with van der Waals surface area (Å²) in [7, 11) is -2.55. The highest BCUT2D eigenvalue weighted by Gasteiger charge is 2.54. The van der Waals surface area contributed by atoms with Crippen molar-refractivity contribution in [2.75, 3.05) is 4.90 Å². The third-order valence-electron chi connectivity index (χ3n) is 11.4. The quantitative estimate of drug-likeness (QED) is 0.176. The lowest BCUT2D eigenvalue weighted by Gasteiger charge is -2.31. The van der Waals surface area contributed by atoms with Gasteiger partial charge >= 0.3 is 0 Å². The Morgan fingerprint density at radius 1 is 0.396 bits per heavy atom. The van der Waals surface area contributed by atoms with E-state index in [0.29, 0.717) is 0 Å². The number of hydrogen-bond acceptors (Lipinski definition) is 1. The lowest BCUT2D eigenvalue weighted by Crippen LogP contribution is -2.70. The third-order valence-corrected chi connectivity index (χ3v) is 16.3. The molecule has 1 spiro atoms. The van der Waals surface area contributed by atoms with Crippen molar-refractivity contribution in [1.82, 2.24) is 0 Å². The first-order valence-electron chi connectivity index (χ1n) is 17.0. The Morgan fingerprint density at radius 3 is 1.44 bits per heavy atom. The summed E-state index contributed by atoms with van der Waals surface area (Å²) in [4.78, 5) is 2.48. The molecule has 1 aliphatic carbocycles. The van der Waals surface area contributed by atoms with Gasteiger partial charge in [0.25, 0.3) is 0 Å². The fraction of sp³-hybridized carbons (Fsp3) is 0.0870. The van der Waals surface area contributed by atoms with Gasteiger partial charge in [-0.2, -0.15) is 0 Å². The summed E-state index contributed by atoms with van der Waals surface area (Å²) in [6.07, 6.45) is 0. The van der Waals surface area contributed by atoms with Crippen LogP contribution in [0.25, 0.3) is 33.4 Å². The summed E-state index contributed by atoms with van der Waals surface area (Å²) >= 11 is 0. The number of aryl methyl sites for hydroxylation is 1. The van der Waals surface area contributed by atoms with Crippen LogP contribution in [-0.2, 0) is 5.41 Å². The van der Waals surface area contributed by atoms with Gasteiger partial charge in [0.1, 0.15) is 0 Å². The zero-order valence-corrected chi connectivity index (χ0v) is 28.5. The van der Waals surface area contributed by atoms with Crippen LogP contribution in [0.1, 0.15) is 30.5 Å². The van der Waals surface area contributed by atoms with Crippen LogP contribution in [0.15, 0.2) is 158 Å². The molecule has 0 unspecified atom stereocenters. The predicted octanol–water partition coefficient (Wildman–Crippen LogP) is 9.11. The number of nitrogens with zero attached hydrogens (tertiary/aromatic N) is 1. The average molecular weight is 630 g/mol. The Balaban J connectivity index is 1.23. The highest BCUT2D eigenvalue weighted by atomic mass is 28.3. The highest BCUT2D eigenvalue weighted by Crippen LogP contribution is 2.50. The van der Waals surface area contributed by atoms with E-state index in [2.05, 4.69) is 183 Å². The second kappa shape index (κ2) is 9.79. The molecule has 3 aliphatic rings. The molecule has 0 atom stereocenters. The van der Waals surface area contributed by atoms with Crippen LogP contribution in [0.3, 0.4) is 0 Å². The molecule has 0 radical (unpaired) electrons. The van der Waals surface area contributed by atoms with Crippen LogP contribution < -0.4 is 25.6 Å². The van der Waals surface area contributed by atoms with E-state index >= 15 is 0 Å². The molecule has 1 nitrogen and oxygen atoms in total. The maximum Gasteiger partial charge on any atom is 0.182 e. The molecule has 0 aromatic heterocycles. The van der Waals surface area contributed by atoms with E-state index < -0.39 is 8.07 Å². The normalized spacial score (nSPS) is 14.9. The van der Waals surface area contributed by atoms with Crippen LogP contribution >= 0.6 is 0 Å². The molecule has 0 saturated carbocycles. The van der Waals surface area contributed by atoms with Crippen molar-refractivity contribution >= 4 is 45.9 Å². The Labute approximate surface area is 283 Å². The molecule has 0 saturated heterocycles. The smallest absolute Gasteiger partial charge is 0.182 e. The van der Waals surface area contributed by atoms with Crippen LogP contribution in [0.5, 0.6) is 0 Å². The Morgan fingerprint density at radius 2 is 0.833 bits per heavy atom. The first-order valence-corrected chi connectivity index (χ1v) is 19.0. The summed E-state index contributed by atoms with van der Waals surface area (Å²) in [5.74, 6) is 0. The van der Waals surface area contributed by atoms with Crippen molar-refractivity contribution in [2.45, 2.75) is 26.2 Å². The number of hydrogen-bond donors (Lipinski definition) is 0. The van der Waals surface area contributed by atoms with E-state index in [-0.39, 0.29) is 5.41 Å². The molecule has 0 bridgehead atoms. The number of benzene rings is 7. The largest absolute Gasteiger partial charge is 0.310 e. The molecule has 7 aromatic carbocycles. The number of anilines is 3. The fourth-order valence-corrected chi connectivity index (χ4v) is 14.8. The van der Waals surface area contributed by atoms with Gasteiger partial charge in [0.05, 0.1) is 0 Å². The van der Waals surface area contributed by atoms with Gasteiger partial charge < -0.3 is 4.90 Å². The van der Waals surface area contributed by atoms with Crippen LogP contribution in [0, 0.1) is 6.92 Å². The molecule has 2 aliphatic heterocycles. The predicted molar refractivity (Wildman–Crippen MR) is 205 cm³/mol. The van der Waals surface area contributed by atoms with Gasteiger partial charge in [-0.3, -0.25) is 0 Å². The minimum Gasteiger partial charge on any atom is -0.310 e. The SMILES string of the molecule is Cc1ccc(N(c2ccc3c(c2)C(C)(C)c2ccccc2-3)c2ccc3c(c2)[Si]2(c4ccccc4-c4ccccc42)c2ccccc2-3)cc1. The zero-order chi connectivity index (χ0) is 32.2. The maximum atomic E-state index is 2.55. The lowest BCUT2D eigenvalue weighted by atomic mass is 9.82. The minimum absolute atomic E-state index is 0.0747. The van der Waals surface area contributed by atoms with Crippen molar-refractivity contribution in [2.24, 2.45) is 0 Å². The average Bonchev–Trinajstić information content (AvgIpc) is 3.68. The van der Waals surface area contributed by atoms with E-state index in [1.165, 1.54) is 87.9 Å². The third kappa shape index (κ3) is 3.51. The highest BCUT2D eigenvalue weighted by molar-refractivity contribution is 7.24. The fourth-order valence-electron chi connectivity index (χ4n) is 9.19. The Bertz CT molecular complexity index is 2390. The maximum absolute atomic E-state index is 2.55. The topological polar surface area (TPSA) is 3.24 Å². The summed E-state index contributed by atoms with van der Waals surface area (Å²) in [6, 6.07) is 60.0.